The van der Waals surface area contributed by atoms with Gasteiger partial charge in [0.2, 0.25) is 0 Å². The lowest BCUT2D eigenvalue weighted by Gasteiger charge is -2.33. The molecular weight excluding hydrogens is 306 g/mol. The van der Waals surface area contributed by atoms with Gasteiger partial charge in [0.25, 0.3) is 11.5 Å². The van der Waals surface area contributed by atoms with E-state index in [0.29, 0.717) is 30.8 Å². The number of amides is 1. The Morgan fingerprint density at radius 3 is 2.67 bits per heavy atom. The first kappa shape index (κ1) is 17.2. The summed E-state index contributed by atoms with van der Waals surface area (Å²) in [7, 11) is 3.76. The second kappa shape index (κ2) is 7.49. The number of carbonyl (C=O) groups is 1. The third-order valence-corrected chi connectivity index (χ3v) is 5.35. The molecule has 6 heteroatoms. The summed E-state index contributed by atoms with van der Waals surface area (Å²) in [6, 6.07) is 3.90. The average molecular weight is 333 g/mol. The van der Waals surface area contributed by atoms with Crippen LogP contribution < -0.4 is 5.56 Å². The Balaban J connectivity index is 1.79. The highest BCUT2D eigenvalue weighted by atomic mass is 16.5. The summed E-state index contributed by atoms with van der Waals surface area (Å²) in [4.78, 5) is 29.3. The van der Waals surface area contributed by atoms with Gasteiger partial charge in [-0.1, -0.05) is 0 Å². The van der Waals surface area contributed by atoms with Gasteiger partial charge in [-0.05, 0) is 45.3 Å². The Bertz CT molecular complexity index is 643. The van der Waals surface area contributed by atoms with Gasteiger partial charge in [-0.3, -0.25) is 9.59 Å². The van der Waals surface area contributed by atoms with Gasteiger partial charge >= 0.3 is 0 Å². The fourth-order valence-electron chi connectivity index (χ4n) is 4.05. The number of likely N-dealkylation sites (N-methyl/N-ethyl adjacent to an activating group) is 1. The molecule has 0 saturated carbocycles. The van der Waals surface area contributed by atoms with E-state index in [4.69, 9.17) is 4.74 Å². The number of ether oxygens (including phenoxy) is 1. The van der Waals surface area contributed by atoms with Crippen molar-refractivity contribution >= 4 is 5.91 Å². The van der Waals surface area contributed by atoms with E-state index < -0.39 is 0 Å². The normalized spacial score (nSPS) is 24.7. The summed E-state index contributed by atoms with van der Waals surface area (Å²) >= 11 is 0. The number of hydrogen-bond acceptors (Lipinski definition) is 4. The molecule has 0 aliphatic carbocycles. The van der Waals surface area contributed by atoms with E-state index in [9.17, 15) is 9.59 Å². The third-order valence-electron chi connectivity index (χ3n) is 5.35. The van der Waals surface area contributed by atoms with Gasteiger partial charge in [-0.2, -0.15) is 0 Å². The van der Waals surface area contributed by atoms with Crippen molar-refractivity contribution < 1.29 is 9.53 Å². The van der Waals surface area contributed by atoms with Crippen molar-refractivity contribution in [3.8, 4) is 0 Å². The largest absolute Gasteiger partial charge is 0.383 e. The van der Waals surface area contributed by atoms with E-state index in [1.165, 1.54) is 12.5 Å². The first-order valence-electron chi connectivity index (χ1n) is 8.82. The predicted molar refractivity (Wildman–Crippen MR) is 92.3 cm³/mol. The number of likely N-dealkylation sites (tertiary alicyclic amines) is 2. The van der Waals surface area contributed by atoms with Crippen molar-refractivity contribution in [3.05, 3.63) is 34.2 Å². The van der Waals surface area contributed by atoms with Crippen LogP contribution in [0.15, 0.2) is 23.1 Å². The summed E-state index contributed by atoms with van der Waals surface area (Å²) in [5, 5.41) is 0. The molecule has 3 heterocycles. The molecule has 132 valence electrons. The first-order valence-corrected chi connectivity index (χ1v) is 8.82. The van der Waals surface area contributed by atoms with Crippen molar-refractivity contribution in [2.45, 2.75) is 44.3 Å². The molecule has 3 rings (SSSR count). The van der Waals surface area contributed by atoms with Crippen LogP contribution in [-0.2, 0) is 11.3 Å². The minimum Gasteiger partial charge on any atom is -0.383 e. The van der Waals surface area contributed by atoms with Crippen LogP contribution in [0.2, 0.25) is 0 Å². The summed E-state index contributed by atoms with van der Waals surface area (Å²) in [6.45, 7) is 2.85. The van der Waals surface area contributed by atoms with Crippen LogP contribution in [0.4, 0.5) is 0 Å². The second-order valence-corrected chi connectivity index (χ2v) is 6.84. The standard InChI is InChI=1S/C18H27N3O3/c1-19-9-3-5-15(19)16-6-4-10-21(16)18(23)14-7-8-17(22)20(13-14)11-12-24-2/h7-8,13,15-16H,3-6,9-12H2,1-2H3. The topological polar surface area (TPSA) is 54.8 Å². The number of methoxy groups -OCH3 is 1. The second-order valence-electron chi connectivity index (χ2n) is 6.84. The van der Waals surface area contributed by atoms with Crippen LogP contribution in [0.25, 0.3) is 0 Å². The fourth-order valence-corrected chi connectivity index (χ4v) is 4.05. The Labute approximate surface area is 143 Å². The number of rotatable bonds is 5. The van der Waals surface area contributed by atoms with Crippen LogP contribution in [0.1, 0.15) is 36.0 Å². The molecule has 24 heavy (non-hydrogen) atoms. The number of carbonyl (C=O) groups excluding carboxylic acids is 1. The van der Waals surface area contributed by atoms with E-state index in [1.807, 2.05) is 4.90 Å². The van der Waals surface area contributed by atoms with Crippen LogP contribution in [0.3, 0.4) is 0 Å². The zero-order valence-electron chi connectivity index (χ0n) is 14.6. The molecule has 2 atom stereocenters. The van der Waals surface area contributed by atoms with Crippen molar-refractivity contribution in [1.82, 2.24) is 14.4 Å². The molecule has 2 aliphatic rings. The van der Waals surface area contributed by atoms with Gasteiger partial charge in [0.1, 0.15) is 0 Å². The highest BCUT2D eigenvalue weighted by molar-refractivity contribution is 5.94. The van der Waals surface area contributed by atoms with Crippen molar-refractivity contribution in [1.29, 1.82) is 0 Å². The highest BCUT2D eigenvalue weighted by Crippen LogP contribution is 2.30. The highest BCUT2D eigenvalue weighted by Gasteiger charge is 2.38. The summed E-state index contributed by atoms with van der Waals surface area (Å²) in [6.07, 6.45) is 6.19. The Morgan fingerprint density at radius 2 is 1.96 bits per heavy atom. The Kier molecular flexibility index (Phi) is 5.36. The molecule has 2 unspecified atom stereocenters. The molecule has 0 radical (unpaired) electrons. The molecule has 1 amide bonds. The van der Waals surface area contributed by atoms with Crippen molar-refractivity contribution in [3.63, 3.8) is 0 Å². The maximum absolute atomic E-state index is 13.0. The monoisotopic (exact) mass is 333 g/mol. The molecule has 0 bridgehead atoms. The minimum absolute atomic E-state index is 0.0453. The zero-order valence-corrected chi connectivity index (χ0v) is 14.6. The van der Waals surface area contributed by atoms with E-state index in [-0.39, 0.29) is 11.5 Å². The van der Waals surface area contributed by atoms with Gasteiger partial charge in [-0.15, -0.1) is 0 Å². The maximum Gasteiger partial charge on any atom is 0.255 e. The van der Waals surface area contributed by atoms with Gasteiger partial charge in [0, 0.05) is 44.5 Å². The summed E-state index contributed by atoms with van der Waals surface area (Å²) < 4.78 is 6.60. The molecule has 1 aromatic rings. The molecule has 2 saturated heterocycles. The molecule has 0 aromatic carbocycles. The fraction of sp³-hybridized carbons (Fsp3) is 0.667. The smallest absolute Gasteiger partial charge is 0.255 e. The van der Waals surface area contributed by atoms with E-state index in [2.05, 4.69) is 11.9 Å². The molecule has 1 aromatic heterocycles. The number of pyridine rings is 1. The lowest BCUT2D eigenvalue weighted by Crippen LogP contribution is -2.47. The van der Waals surface area contributed by atoms with Crippen LogP contribution in [-0.4, -0.2) is 66.2 Å². The van der Waals surface area contributed by atoms with Gasteiger partial charge in [-0.25, -0.2) is 0 Å². The van der Waals surface area contributed by atoms with Crippen LogP contribution >= 0.6 is 0 Å². The Morgan fingerprint density at radius 1 is 1.21 bits per heavy atom. The molecule has 2 aliphatic heterocycles. The van der Waals surface area contributed by atoms with Gasteiger partial charge < -0.3 is 19.1 Å². The molecule has 6 nitrogen and oxygen atoms in total. The predicted octanol–water partition coefficient (Wildman–Crippen LogP) is 1.19. The maximum atomic E-state index is 13.0. The lowest BCUT2D eigenvalue weighted by molar-refractivity contribution is 0.0663. The van der Waals surface area contributed by atoms with E-state index in [1.54, 1.807) is 23.9 Å². The first-order chi connectivity index (χ1) is 11.6. The molecule has 2 fully saturated rings. The van der Waals surface area contributed by atoms with Crippen LogP contribution in [0.5, 0.6) is 0 Å². The van der Waals surface area contributed by atoms with Crippen molar-refractivity contribution in [2.24, 2.45) is 0 Å². The number of hydrogen-bond donors (Lipinski definition) is 0. The molecule has 0 N–H and O–H groups in total. The SMILES string of the molecule is COCCn1cc(C(=O)N2CCCC2C2CCCN2C)ccc1=O. The quantitative estimate of drug-likeness (QED) is 0.812. The molecular formula is C18H27N3O3. The van der Waals surface area contributed by atoms with E-state index in [0.717, 1.165) is 32.4 Å². The average Bonchev–Trinajstić information content (AvgIpc) is 3.21. The summed E-state index contributed by atoms with van der Waals surface area (Å²) in [5.74, 6) is 0.0453. The lowest BCUT2D eigenvalue weighted by atomic mass is 10.0. The van der Waals surface area contributed by atoms with Crippen LogP contribution in [0, 0.1) is 0 Å². The zero-order chi connectivity index (χ0) is 17.1. The summed E-state index contributed by atoms with van der Waals surface area (Å²) in [5.41, 5.74) is 0.496. The van der Waals surface area contributed by atoms with Gasteiger partial charge in [0.15, 0.2) is 0 Å². The third kappa shape index (κ3) is 3.39. The minimum atomic E-state index is -0.0999. The van der Waals surface area contributed by atoms with Crippen molar-refractivity contribution in [2.75, 3.05) is 33.9 Å². The van der Waals surface area contributed by atoms with Gasteiger partial charge in [0.05, 0.1) is 12.2 Å². The van der Waals surface area contributed by atoms with E-state index >= 15 is 0 Å². The Hall–Kier alpha value is -1.66. The number of aromatic nitrogens is 1. The molecule has 0 spiro atoms. The number of nitrogens with zero attached hydrogens (tertiary/aromatic N) is 3.